The fourth-order valence-electron chi connectivity index (χ4n) is 23.4. The van der Waals surface area contributed by atoms with Crippen molar-refractivity contribution < 1.29 is 0 Å². The zero-order valence-electron chi connectivity index (χ0n) is 78.7. The van der Waals surface area contributed by atoms with Crippen LogP contribution in [0.1, 0.15) is 383 Å². The highest BCUT2D eigenvalue weighted by atomic mass is 14.8. The van der Waals surface area contributed by atoms with Crippen LogP contribution in [-0.2, 0) is 32.1 Å². The Kier molecular flexibility index (Phi) is 31.5. The number of benzene rings is 14. The molecule has 658 valence electrons. The third-order valence-corrected chi connectivity index (χ3v) is 30.2. The number of aryl methyl sites for hydroxylation is 5. The highest BCUT2D eigenvalue weighted by Gasteiger charge is 2.34. The summed E-state index contributed by atoms with van der Waals surface area (Å²) in [6, 6.07) is 59.6. The first kappa shape index (κ1) is 89.2. The summed E-state index contributed by atoms with van der Waals surface area (Å²) in [5, 5.41) is 36.2. The van der Waals surface area contributed by atoms with Gasteiger partial charge in [0.1, 0.15) is 0 Å². The molecule has 3 heteroatoms. The minimum absolute atomic E-state index is 0.848. The van der Waals surface area contributed by atoms with Crippen LogP contribution in [0, 0.1) is 0 Å². The summed E-state index contributed by atoms with van der Waals surface area (Å²) in [5.41, 5.74) is 15.9. The largest absolute Gasteiger partial charge is 0.255 e. The van der Waals surface area contributed by atoms with Gasteiger partial charge in [-0.1, -0.05) is 421 Å². The van der Waals surface area contributed by atoms with Gasteiger partial charge in [0.15, 0.2) is 0 Å². The third-order valence-electron chi connectivity index (χ3n) is 30.2. The van der Waals surface area contributed by atoms with Crippen LogP contribution in [0.2, 0.25) is 0 Å². The lowest BCUT2D eigenvalue weighted by Crippen LogP contribution is -2.03. The molecule has 126 heavy (non-hydrogen) atoms. The maximum atomic E-state index is 5.23. The first-order chi connectivity index (χ1) is 62.4. The molecule has 0 atom stereocenters. The van der Waals surface area contributed by atoms with E-state index in [2.05, 4.69) is 168 Å². The molecule has 0 bridgehead atoms. The zero-order valence-corrected chi connectivity index (χ0v) is 78.7. The lowest BCUT2D eigenvalue weighted by atomic mass is 9.72. The molecule has 17 rings (SSSR count). The second-order valence-electron chi connectivity index (χ2n) is 39.8. The Bertz CT molecular complexity index is 5870. The van der Waals surface area contributed by atoms with E-state index in [1.165, 1.54) is 451 Å². The maximum Gasteiger partial charge on any atom is 0.0900 e. The number of pyridine rings is 3. The minimum atomic E-state index is 0.848. The van der Waals surface area contributed by atoms with Gasteiger partial charge in [-0.3, -0.25) is 9.97 Å². The van der Waals surface area contributed by atoms with Gasteiger partial charge in [0.05, 0.1) is 22.8 Å². The van der Waals surface area contributed by atoms with Crippen molar-refractivity contribution in [3.8, 4) is 45.0 Å². The Labute approximate surface area is 757 Å². The van der Waals surface area contributed by atoms with E-state index in [1.807, 2.05) is 24.5 Å². The van der Waals surface area contributed by atoms with Crippen molar-refractivity contribution in [2.24, 2.45) is 0 Å². The number of fused-ring (bicyclic) bond motifs is 6. The topological polar surface area (TPSA) is 38.7 Å². The van der Waals surface area contributed by atoms with Crippen molar-refractivity contribution in [2.45, 2.75) is 388 Å². The van der Waals surface area contributed by atoms with Crippen LogP contribution in [-0.4, -0.2) is 15.0 Å². The summed E-state index contributed by atoms with van der Waals surface area (Å²) in [6.45, 7) is 11.7. The molecule has 3 nitrogen and oxygen atoms in total. The lowest BCUT2D eigenvalue weighted by molar-refractivity contribution is 0.556. The molecular formula is C123H151N3. The predicted octanol–water partition coefficient (Wildman–Crippen LogP) is 39.3. The number of unbranched alkanes of at least 4 members (excludes halogenated alkanes) is 45. The van der Waals surface area contributed by atoms with Gasteiger partial charge in [0.25, 0.3) is 0 Å². The van der Waals surface area contributed by atoms with Crippen LogP contribution in [0.4, 0.5) is 0 Å². The van der Waals surface area contributed by atoms with E-state index in [1.54, 1.807) is 38.2 Å². The van der Waals surface area contributed by atoms with Gasteiger partial charge in [-0.15, -0.1) is 0 Å². The van der Waals surface area contributed by atoms with Crippen LogP contribution in [0.5, 0.6) is 0 Å². The minimum Gasteiger partial charge on any atom is -0.255 e. The van der Waals surface area contributed by atoms with E-state index >= 15 is 0 Å². The summed E-state index contributed by atoms with van der Waals surface area (Å²) < 4.78 is 0. The smallest absolute Gasteiger partial charge is 0.0900 e. The van der Waals surface area contributed by atoms with Crippen molar-refractivity contribution in [3.63, 3.8) is 0 Å². The Morgan fingerprint density at radius 1 is 0.159 bits per heavy atom. The lowest BCUT2D eigenvalue weighted by Gasteiger charge is -2.30. The Morgan fingerprint density at radius 2 is 0.341 bits per heavy atom. The monoisotopic (exact) mass is 1670 g/mol. The van der Waals surface area contributed by atoms with Gasteiger partial charge in [0, 0.05) is 12.4 Å². The molecule has 0 amide bonds. The number of rotatable bonds is 59. The van der Waals surface area contributed by atoms with Crippen molar-refractivity contribution >= 4 is 129 Å². The van der Waals surface area contributed by atoms with Gasteiger partial charge in [-0.25, -0.2) is 4.98 Å². The van der Waals surface area contributed by atoms with Crippen LogP contribution in [0.3, 0.4) is 0 Å². The highest BCUT2D eigenvalue weighted by molar-refractivity contribution is 6.61. The average molecular weight is 1670 g/mol. The van der Waals surface area contributed by atoms with E-state index in [9.17, 15) is 0 Å². The van der Waals surface area contributed by atoms with Crippen LogP contribution in [0.25, 0.3) is 174 Å². The molecule has 0 aliphatic carbocycles. The van der Waals surface area contributed by atoms with E-state index in [0.717, 1.165) is 66.0 Å². The molecule has 0 N–H and O–H groups in total. The fraction of sp³-hybridized carbons (Fsp3) is 0.488. The Hall–Kier alpha value is -8.79. The highest BCUT2D eigenvalue weighted by Crippen LogP contribution is 2.62. The zero-order chi connectivity index (χ0) is 85.8. The SMILES string of the molecule is CCCCCCCCCCCCc1cc2c3cc(CCCCCCCCCCCC)cc4c5cc(CCCCCCCCCCCC)cc6c7cc(-c8ccc(-c9cc(-c%10ccccn%10)nc(-c%10ccccn%10)c9)cc8)cc8c9cc(CCCCCCCCCCCC)cc%10c%11cc(CCCCCCCCCCCC)cc%12c(c1)c2c1c(c34)c(c56)c(c78)c(c%109)c1c%12%11. The molecule has 0 fully saturated rings. The second kappa shape index (κ2) is 44.5. The number of nitrogens with zero attached hydrogens (tertiary/aromatic N) is 3. The molecule has 0 unspecified atom stereocenters. The summed E-state index contributed by atoms with van der Waals surface area (Å²) in [4.78, 5) is 14.9. The van der Waals surface area contributed by atoms with E-state index < -0.39 is 0 Å². The van der Waals surface area contributed by atoms with Gasteiger partial charge in [0.2, 0.25) is 0 Å². The van der Waals surface area contributed by atoms with Gasteiger partial charge in [-0.05, 0) is 292 Å². The third kappa shape index (κ3) is 20.1. The summed E-state index contributed by atoms with van der Waals surface area (Å²) in [7, 11) is 0. The molecule has 0 saturated heterocycles. The summed E-state index contributed by atoms with van der Waals surface area (Å²) in [6.07, 6.45) is 76.8. The molecule has 0 spiro atoms. The van der Waals surface area contributed by atoms with Crippen molar-refractivity contribution in [2.75, 3.05) is 0 Å². The first-order valence-electron chi connectivity index (χ1n) is 52.7. The van der Waals surface area contributed by atoms with Crippen LogP contribution >= 0.6 is 0 Å². The van der Waals surface area contributed by atoms with Crippen molar-refractivity contribution in [1.82, 2.24) is 15.0 Å². The van der Waals surface area contributed by atoms with Crippen LogP contribution in [0.15, 0.2) is 158 Å². The maximum absolute atomic E-state index is 5.23. The normalized spacial score (nSPS) is 12.5. The molecule has 0 saturated carbocycles. The number of hydrogen-bond donors (Lipinski definition) is 0. The predicted molar refractivity (Wildman–Crippen MR) is 556 cm³/mol. The standard InChI is InChI=1S/C123H151N3/c1-6-11-16-21-26-31-36-41-46-51-60-87-73-96-98-75-88(61-52-47-42-37-32-27-22-17-12-7-2)77-100-102-79-90(63-54-49-44-39-34-29-24-19-14-9-4)81-104-106-83-94(92-67-69-93(70-68-92)95-85-110(108-65-56-58-71-124-108)126-111(86-95)109-66-57-59-72-125-109)84-107-105-82-91(64-55-50-45-40-35-30-25-20-15-10-5)80-103-101-78-89(62-53-48-43-38-33-28-23-18-13-8-3)76-99-97(74-87)112(96)118-119(113(98)100)121(115(102)104)123(117(106)107)122(116(103)105)120(118)114(99)101/h56-59,65-86H,6-55,60-64H2,1-5H3. The molecule has 0 aliphatic heterocycles. The fourth-order valence-corrected chi connectivity index (χ4v) is 23.4. The van der Waals surface area contributed by atoms with Crippen LogP contribution < -0.4 is 0 Å². The van der Waals surface area contributed by atoms with Gasteiger partial charge < -0.3 is 0 Å². The number of aromatic nitrogens is 3. The van der Waals surface area contributed by atoms with Gasteiger partial charge in [-0.2, -0.15) is 0 Å². The average Bonchev–Trinajstić information content (AvgIpc) is 0.641. The number of hydrogen-bond acceptors (Lipinski definition) is 3. The second-order valence-corrected chi connectivity index (χ2v) is 39.8. The Morgan fingerprint density at radius 3 is 0.532 bits per heavy atom. The van der Waals surface area contributed by atoms with E-state index in [-0.39, 0.29) is 0 Å². The van der Waals surface area contributed by atoms with Crippen molar-refractivity contribution in [1.29, 1.82) is 0 Å². The molecule has 14 aromatic carbocycles. The molecule has 0 aliphatic rings. The Balaban J connectivity index is 0.892. The van der Waals surface area contributed by atoms with E-state index in [4.69, 9.17) is 15.0 Å². The molecule has 17 aromatic rings. The summed E-state index contributed by atoms with van der Waals surface area (Å²) in [5.74, 6) is 0. The van der Waals surface area contributed by atoms with Crippen molar-refractivity contribution in [3.05, 3.63) is 186 Å². The molecular weight excluding hydrogens is 1520 g/mol. The molecule has 3 aromatic heterocycles. The van der Waals surface area contributed by atoms with E-state index in [0.29, 0.717) is 0 Å². The summed E-state index contributed by atoms with van der Waals surface area (Å²) >= 11 is 0. The van der Waals surface area contributed by atoms with Gasteiger partial charge >= 0.3 is 0 Å². The quantitative estimate of drug-likeness (QED) is 0.0217. The molecule has 0 radical (unpaired) electrons. The molecule has 3 heterocycles. The first-order valence-corrected chi connectivity index (χ1v) is 52.7.